The van der Waals surface area contributed by atoms with E-state index in [4.69, 9.17) is 9.47 Å². The number of rotatable bonds is 5. The number of amides is 1. The monoisotopic (exact) mass is 355 g/mol. The number of hydrogen-bond donors (Lipinski definition) is 1. The van der Waals surface area contributed by atoms with Gasteiger partial charge in [-0.25, -0.2) is 0 Å². The number of aromatic hydroxyl groups is 1. The Morgan fingerprint density at radius 1 is 1.12 bits per heavy atom. The summed E-state index contributed by atoms with van der Waals surface area (Å²) >= 11 is 0. The molecule has 0 spiro atoms. The van der Waals surface area contributed by atoms with Crippen LogP contribution in [0.3, 0.4) is 0 Å². The summed E-state index contributed by atoms with van der Waals surface area (Å²) in [4.78, 5) is 14.7. The highest BCUT2D eigenvalue weighted by atomic mass is 16.5. The first kappa shape index (κ1) is 18.1. The Bertz CT molecular complexity index is 752. The Kier molecular flexibility index (Phi) is 5.66. The molecule has 5 nitrogen and oxygen atoms in total. The second-order valence-electron chi connectivity index (χ2n) is 6.65. The summed E-state index contributed by atoms with van der Waals surface area (Å²) in [6.07, 6.45) is 2.96. The minimum atomic E-state index is -0.194. The van der Waals surface area contributed by atoms with Gasteiger partial charge in [-0.1, -0.05) is 30.3 Å². The van der Waals surface area contributed by atoms with Crippen molar-refractivity contribution < 1.29 is 19.4 Å². The minimum absolute atomic E-state index is 0.113. The number of ether oxygens (including phenoxy) is 2. The molecule has 138 valence electrons. The Morgan fingerprint density at radius 3 is 2.42 bits per heavy atom. The van der Waals surface area contributed by atoms with Crippen LogP contribution in [0.5, 0.6) is 17.2 Å². The van der Waals surface area contributed by atoms with Gasteiger partial charge in [0.05, 0.1) is 14.2 Å². The summed E-state index contributed by atoms with van der Waals surface area (Å²) in [7, 11) is 2.99. The van der Waals surface area contributed by atoms with Crippen LogP contribution in [0.25, 0.3) is 0 Å². The number of hydrogen-bond acceptors (Lipinski definition) is 4. The van der Waals surface area contributed by atoms with Crippen LogP contribution in [0.1, 0.15) is 28.8 Å². The molecule has 0 bridgehead atoms. The van der Waals surface area contributed by atoms with Crippen LogP contribution in [0.2, 0.25) is 0 Å². The molecule has 1 heterocycles. The van der Waals surface area contributed by atoms with E-state index >= 15 is 0 Å². The zero-order valence-corrected chi connectivity index (χ0v) is 15.3. The fraction of sp³-hybridized carbons (Fsp3) is 0.381. The third-order valence-electron chi connectivity index (χ3n) is 4.99. The van der Waals surface area contributed by atoms with Crippen LogP contribution < -0.4 is 9.47 Å². The van der Waals surface area contributed by atoms with Crippen molar-refractivity contribution in [2.45, 2.75) is 19.3 Å². The smallest absolute Gasteiger partial charge is 0.261 e. The fourth-order valence-electron chi connectivity index (χ4n) is 3.52. The number of methoxy groups -OCH3 is 2. The molecular formula is C21H25NO4. The van der Waals surface area contributed by atoms with Crippen molar-refractivity contribution in [2.24, 2.45) is 5.92 Å². The van der Waals surface area contributed by atoms with Gasteiger partial charge < -0.3 is 19.5 Å². The van der Waals surface area contributed by atoms with Crippen molar-refractivity contribution in [3.63, 3.8) is 0 Å². The molecule has 1 amide bonds. The molecular weight excluding hydrogens is 330 g/mol. The van der Waals surface area contributed by atoms with Gasteiger partial charge in [0.1, 0.15) is 22.8 Å². The third-order valence-corrected chi connectivity index (χ3v) is 4.99. The molecule has 0 unspecified atom stereocenters. The van der Waals surface area contributed by atoms with Gasteiger partial charge in [0.2, 0.25) is 0 Å². The molecule has 1 N–H and O–H groups in total. The fourth-order valence-corrected chi connectivity index (χ4v) is 3.52. The quantitative estimate of drug-likeness (QED) is 0.892. The maximum absolute atomic E-state index is 12.9. The number of nitrogens with zero attached hydrogens (tertiary/aromatic N) is 1. The van der Waals surface area contributed by atoms with E-state index in [1.54, 1.807) is 11.0 Å². The van der Waals surface area contributed by atoms with Crippen molar-refractivity contribution in [1.82, 2.24) is 4.90 Å². The molecule has 0 atom stereocenters. The van der Waals surface area contributed by atoms with E-state index in [9.17, 15) is 9.90 Å². The highest BCUT2D eigenvalue weighted by molar-refractivity contribution is 6.00. The van der Waals surface area contributed by atoms with Crippen LogP contribution >= 0.6 is 0 Å². The first-order valence-corrected chi connectivity index (χ1v) is 8.90. The molecule has 3 rings (SSSR count). The van der Waals surface area contributed by atoms with E-state index < -0.39 is 0 Å². The lowest BCUT2D eigenvalue weighted by Gasteiger charge is -2.32. The van der Waals surface area contributed by atoms with Crippen molar-refractivity contribution in [1.29, 1.82) is 0 Å². The number of likely N-dealkylation sites (tertiary alicyclic amines) is 1. The predicted molar refractivity (Wildman–Crippen MR) is 100.0 cm³/mol. The molecule has 0 aliphatic carbocycles. The molecule has 1 aliphatic heterocycles. The van der Waals surface area contributed by atoms with Gasteiger partial charge in [-0.3, -0.25) is 4.79 Å². The Balaban J connectivity index is 1.67. The number of phenolic OH excluding ortho intramolecular Hbond substituents is 1. The zero-order chi connectivity index (χ0) is 18.5. The van der Waals surface area contributed by atoms with E-state index in [1.165, 1.54) is 25.8 Å². The molecule has 0 aromatic heterocycles. The van der Waals surface area contributed by atoms with E-state index in [2.05, 4.69) is 24.3 Å². The van der Waals surface area contributed by atoms with Crippen LogP contribution in [0.15, 0.2) is 42.5 Å². The van der Waals surface area contributed by atoms with Crippen molar-refractivity contribution >= 4 is 5.91 Å². The molecule has 26 heavy (non-hydrogen) atoms. The Morgan fingerprint density at radius 2 is 1.81 bits per heavy atom. The van der Waals surface area contributed by atoms with E-state index in [-0.39, 0.29) is 17.2 Å². The molecule has 2 aromatic rings. The third kappa shape index (κ3) is 3.93. The SMILES string of the molecule is COc1cc(O)c(C(=O)N2CCC(Cc3ccccc3)CC2)c(OC)c1. The Labute approximate surface area is 154 Å². The maximum Gasteiger partial charge on any atom is 0.261 e. The zero-order valence-electron chi connectivity index (χ0n) is 15.3. The van der Waals surface area contributed by atoms with Crippen LogP contribution in [0.4, 0.5) is 0 Å². The lowest BCUT2D eigenvalue weighted by Crippen LogP contribution is -2.39. The summed E-state index contributed by atoms with van der Waals surface area (Å²) in [6.45, 7) is 1.37. The summed E-state index contributed by atoms with van der Waals surface area (Å²) in [6, 6.07) is 13.5. The highest BCUT2D eigenvalue weighted by Gasteiger charge is 2.28. The standard InChI is InChI=1S/C21H25NO4/c1-25-17-13-18(23)20(19(14-17)26-2)21(24)22-10-8-16(9-11-22)12-15-6-4-3-5-7-15/h3-7,13-14,16,23H,8-12H2,1-2H3. The minimum Gasteiger partial charge on any atom is -0.507 e. The van der Waals surface area contributed by atoms with Gasteiger partial charge in [0.15, 0.2) is 0 Å². The second kappa shape index (κ2) is 8.13. The van der Waals surface area contributed by atoms with Crippen LogP contribution in [-0.4, -0.2) is 43.2 Å². The van der Waals surface area contributed by atoms with Gasteiger partial charge in [0.25, 0.3) is 5.91 Å². The lowest BCUT2D eigenvalue weighted by molar-refractivity contribution is 0.0684. The molecule has 0 saturated carbocycles. The Hall–Kier alpha value is -2.69. The summed E-state index contributed by atoms with van der Waals surface area (Å²) in [5.41, 5.74) is 1.54. The van der Waals surface area contributed by atoms with Crippen molar-refractivity contribution in [3.05, 3.63) is 53.6 Å². The van der Waals surface area contributed by atoms with Gasteiger partial charge in [-0.05, 0) is 30.7 Å². The number of carbonyl (C=O) groups is 1. The second-order valence-corrected chi connectivity index (χ2v) is 6.65. The number of piperidine rings is 1. The number of benzene rings is 2. The maximum atomic E-state index is 12.9. The normalized spacial score (nSPS) is 14.9. The van der Waals surface area contributed by atoms with Crippen molar-refractivity contribution in [2.75, 3.05) is 27.3 Å². The summed E-state index contributed by atoms with van der Waals surface area (Å²) in [5, 5.41) is 10.3. The molecule has 1 aliphatic rings. The summed E-state index contributed by atoms with van der Waals surface area (Å²) < 4.78 is 10.4. The number of phenols is 1. The largest absolute Gasteiger partial charge is 0.507 e. The van der Waals surface area contributed by atoms with E-state index in [0.29, 0.717) is 30.5 Å². The average Bonchev–Trinajstić information content (AvgIpc) is 2.68. The van der Waals surface area contributed by atoms with Gasteiger partial charge >= 0.3 is 0 Å². The highest BCUT2D eigenvalue weighted by Crippen LogP contribution is 2.35. The first-order valence-electron chi connectivity index (χ1n) is 8.90. The van der Waals surface area contributed by atoms with E-state index in [0.717, 1.165) is 19.3 Å². The molecule has 0 radical (unpaired) electrons. The first-order chi connectivity index (χ1) is 12.6. The topological polar surface area (TPSA) is 59.0 Å². The predicted octanol–water partition coefficient (Wildman–Crippen LogP) is 3.50. The molecule has 2 aromatic carbocycles. The van der Waals surface area contributed by atoms with Crippen LogP contribution in [-0.2, 0) is 6.42 Å². The van der Waals surface area contributed by atoms with Gasteiger partial charge in [0, 0.05) is 25.2 Å². The number of carbonyl (C=O) groups excluding carboxylic acids is 1. The average molecular weight is 355 g/mol. The van der Waals surface area contributed by atoms with E-state index in [1.807, 2.05) is 6.07 Å². The van der Waals surface area contributed by atoms with Gasteiger partial charge in [-0.2, -0.15) is 0 Å². The molecule has 1 fully saturated rings. The van der Waals surface area contributed by atoms with Crippen molar-refractivity contribution in [3.8, 4) is 17.2 Å². The summed E-state index contributed by atoms with van der Waals surface area (Å²) in [5.74, 6) is 1.06. The molecule has 5 heteroatoms. The van der Waals surface area contributed by atoms with Gasteiger partial charge in [-0.15, -0.1) is 0 Å². The van der Waals surface area contributed by atoms with Crippen LogP contribution in [0, 0.1) is 5.92 Å². The molecule has 1 saturated heterocycles. The lowest BCUT2D eigenvalue weighted by atomic mass is 9.90.